The Bertz CT molecular complexity index is 2350. The Morgan fingerprint density at radius 1 is 1.23 bits per heavy atom. The first-order valence-corrected chi connectivity index (χ1v) is 13.6. The zero-order chi connectivity index (χ0) is 41.7. The van der Waals surface area contributed by atoms with Crippen molar-refractivity contribution in [2.24, 2.45) is 11.8 Å². The molecule has 5 heterocycles. The Balaban J connectivity index is 1.38. The van der Waals surface area contributed by atoms with E-state index < -0.39 is 39.5 Å². The summed E-state index contributed by atoms with van der Waals surface area (Å²) in [6, 6.07) is 10.5. The first-order valence-electron chi connectivity index (χ1n) is 20.1. The van der Waals surface area contributed by atoms with Crippen LogP contribution in [0.5, 0.6) is 5.75 Å². The molecule has 4 aromatic heterocycles. The second-order valence-corrected chi connectivity index (χ2v) is 10.3. The van der Waals surface area contributed by atoms with Gasteiger partial charge in [0.1, 0.15) is 11.3 Å². The van der Waals surface area contributed by atoms with Crippen LogP contribution in [-0.2, 0) is 16.1 Å². The monoisotopic (exact) mass is 606 g/mol. The van der Waals surface area contributed by atoms with Gasteiger partial charge in [-0.15, -0.1) is 15.3 Å². The lowest BCUT2D eigenvalue weighted by Gasteiger charge is -2.28. The van der Waals surface area contributed by atoms with Gasteiger partial charge in [-0.2, -0.15) is 0 Å². The Morgan fingerprint density at radius 3 is 2.80 bits per heavy atom. The molecule has 2 atom stereocenters. The molecule has 1 amide bonds. The zero-order valence-corrected chi connectivity index (χ0v) is 23.6. The van der Waals surface area contributed by atoms with E-state index in [0.29, 0.717) is 22.6 Å². The first kappa shape index (κ1) is 16.9. The number of hydrogen-bond donors (Lipinski definition) is 1. The molecule has 1 N–H and O–H groups in total. The van der Waals surface area contributed by atoms with Gasteiger partial charge < -0.3 is 24.6 Å². The minimum atomic E-state index is -3.29. The number of morpholine rings is 1. The predicted molar refractivity (Wildman–Crippen MR) is 168 cm³/mol. The molecule has 0 unspecified atom stereocenters. The number of benzene rings is 1. The van der Waals surface area contributed by atoms with E-state index in [-0.39, 0.29) is 69.5 Å². The number of fused-ring (bicyclic) bond motifs is 2. The average molecular weight is 607 g/mol. The van der Waals surface area contributed by atoms with Gasteiger partial charge in [0, 0.05) is 56.0 Å². The summed E-state index contributed by atoms with van der Waals surface area (Å²) in [5.41, 5.74) is 0.406. The van der Waals surface area contributed by atoms with Crippen molar-refractivity contribution in [2.75, 3.05) is 54.8 Å². The molecule has 7 rings (SSSR count). The number of methoxy groups -OCH3 is 1. The van der Waals surface area contributed by atoms with E-state index in [1.165, 1.54) is 31.5 Å². The van der Waals surface area contributed by atoms with Gasteiger partial charge in [-0.05, 0) is 55.1 Å². The summed E-state index contributed by atoms with van der Waals surface area (Å²) in [5.74, 6) is -0.0568. The number of amides is 1. The number of carbonyl (C=O) groups excluding carboxylic acids is 1. The van der Waals surface area contributed by atoms with Crippen LogP contribution in [-0.4, -0.2) is 75.4 Å². The standard InChI is InChI=1S/C32H35N9O3/c1-4-39(18-21-5-8-23(43-3)9-6-21)31-29-25(16-27(36-37-29)34-32(42)24-15-20(24)2)26(17-33-31)30-35-28-10-7-22(19-41(28)38-30)40-11-13-44-14-12-40/h5-10,16-17,19-20,24H,4,11-15,18H2,1-3H3,(H,34,36,42)/t20-,24+/m1/s1/i1D3,4D2,11D2,12D2,13D2,14D2. The molecule has 12 nitrogen and oxygen atoms in total. The molecule has 1 saturated carbocycles. The van der Waals surface area contributed by atoms with Gasteiger partial charge in [0.15, 0.2) is 23.1 Å². The number of anilines is 3. The number of carbonyl (C=O) groups is 1. The van der Waals surface area contributed by atoms with Gasteiger partial charge >= 0.3 is 0 Å². The van der Waals surface area contributed by atoms with Crippen LogP contribution in [0, 0.1) is 11.8 Å². The van der Waals surface area contributed by atoms with Crippen molar-refractivity contribution < 1.29 is 32.1 Å². The van der Waals surface area contributed by atoms with Crippen LogP contribution in [0.25, 0.3) is 27.9 Å². The number of aromatic nitrogens is 6. The highest BCUT2D eigenvalue weighted by molar-refractivity contribution is 6.01. The van der Waals surface area contributed by atoms with Crippen LogP contribution in [0.15, 0.2) is 54.9 Å². The molecule has 0 radical (unpaired) electrons. The lowest BCUT2D eigenvalue weighted by molar-refractivity contribution is -0.117. The predicted octanol–water partition coefficient (Wildman–Crippen LogP) is 4.20. The molecule has 226 valence electrons. The van der Waals surface area contributed by atoms with E-state index in [0.717, 1.165) is 15.6 Å². The SMILES string of the molecule is [2H]C([2H])([2H])C([2H])([2H])N(Cc1ccc(OC)cc1)c1ncc(-c2nc3ccc(N4C([2H])([2H])C([2H])([2H])OC([2H])([2H])C4([2H])[2H])cn3n2)c2cc(NC(=O)[C@H]3C[C@H]3C)nnc12. The Kier molecular flexibility index (Phi) is 4.48. The van der Waals surface area contributed by atoms with E-state index in [1.54, 1.807) is 24.3 Å². The summed E-state index contributed by atoms with van der Waals surface area (Å²) >= 11 is 0. The summed E-state index contributed by atoms with van der Waals surface area (Å²) in [6.45, 7) is -17.6. The number of nitrogens with zero attached hydrogens (tertiary/aromatic N) is 8. The molecule has 44 heavy (non-hydrogen) atoms. The van der Waals surface area contributed by atoms with Crippen LogP contribution >= 0.6 is 0 Å². The highest BCUT2D eigenvalue weighted by Crippen LogP contribution is 2.39. The Morgan fingerprint density at radius 2 is 2.05 bits per heavy atom. The van der Waals surface area contributed by atoms with Crippen molar-refractivity contribution in [3.8, 4) is 17.1 Å². The largest absolute Gasteiger partial charge is 0.497 e. The van der Waals surface area contributed by atoms with E-state index in [9.17, 15) is 4.79 Å². The number of nitrogens with one attached hydrogen (secondary N) is 1. The number of hydrogen-bond acceptors (Lipinski definition) is 10. The lowest BCUT2D eigenvalue weighted by atomic mass is 10.1. The van der Waals surface area contributed by atoms with Crippen LogP contribution < -0.4 is 19.9 Å². The van der Waals surface area contributed by atoms with Crippen molar-refractivity contribution in [2.45, 2.75) is 26.7 Å². The van der Waals surface area contributed by atoms with Crippen molar-refractivity contribution in [3.63, 3.8) is 0 Å². The highest BCUT2D eigenvalue weighted by atomic mass is 16.5. The van der Waals surface area contributed by atoms with Crippen molar-refractivity contribution >= 4 is 39.8 Å². The minimum absolute atomic E-state index is 0.0249. The van der Waals surface area contributed by atoms with Crippen LogP contribution in [0.2, 0.25) is 0 Å². The van der Waals surface area contributed by atoms with Gasteiger partial charge in [0.25, 0.3) is 0 Å². The molecule has 0 spiro atoms. The molecular formula is C32H35N9O3. The van der Waals surface area contributed by atoms with Gasteiger partial charge in [-0.1, -0.05) is 19.1 Å². The van der Waals surface area contributed by atoms with Gasteiger partial charge in [0.2, 0.25) is 5.91 Å². The maximum Gasteiger partial charge on any atom is 0.228 e. The third kappa shape index (κ3) is 5.48. The van der Waals surface area contributed by atoms with E-state index in [4.69, 9.17) is 22.6 Å². The minimum Gasteiger partial charge on any atom is -0.497 e. The number of pyridine rings is 2. The maximum absolute atomic E-state index is 12.9. The van der Waals surface area contributed by atoms with Gasteiger partial charge in [0.05, 0.1) is 43.1 Å². The third-order valence-electron chi connectivity index (χ3n) is 7.43. The zero-order valence-electron chi connectivity index (χ0n) is 36.6. The molecule has 2 fully saturated rings. The van der Waals surface area contributed by atoms with Gasteiger partial charge in [-0.25, -0.2) is 14.5 Å². The molecule has 2 aliphatic rings. The molecule has 0 bridgehead atoms. The fourth-order valence-electron chi connectivity index (χ4n) is 4.88. The summed E-state index contributed by atoms with van der Waals surface area (Å²) in [7, 11) is 1.48. The molecule has 5 aromatic rings. The molecule has 1 aromatic carbocycles. The smallest absolute Gasteiger partial charge is 0.228 e. The lowest BCUT2D eigenvalue weighted by Crippen LogP contribution is -2.36. The normalized spacial score (nSPS) is 27.6. The second kappa shape index (κ2) is 11.7. The number of ether oxygens (including phenoxy) is 2. The fourth-order valence-corrected chi connectivity index (χ4v) is 4.88. The summed E-state index contributed by atoms with van der Waals surface area (Å²) in [4.78, 5) is 23.2. The van der Waals surface area contributed by atoms with Crippen molar-refractivity contribution in [1.29, 1.82) is 0 Å². The molecule has 12 heteroatoms. The number of rotatable bonds is 9. The summed E-state index contributed by atoms with van der Waals surface area (Å²) in [6.07, 6.45) is 3.09. The Hall–Kier alpha value is -4.84. The van der Waals surface area contributed by atoms with Crippen LogP contribution in [0.3, 0.4) is 0 Å². The van der Waals surface area contributed by atoms with Crippen molar-refractivity contribution in [1.82, 2.24) is 29.8 Å². The Labute approximate surface area is 273 Å². The fraction of sp³-hybridized carbons (Fsp3) is 0.375. The molecule has 1 aliphatic heterocycles. The first-order chi connectivity index (χ1) is 26.4. The summed E-state index contributed by atoms with van der Waals surface area (Å²) in [5, 5.41) is 15.9. The molecular weight excluding hydrogens is 558 g/mol. The molecule has 1 aliphatic carbocycles. The van der Waals surface area contributed by atoms with E-state index in [2.05, 4.69) is 35.3 Å². The van der Waals surface area contributed by atoms with Crippen LogP contribution in [0.1, 0.15) is 43.6 Å². The average Bonchev–Trinajstić information content (AvgIpc) is 3.71. The van der Waals surface area contributed by atoms with E-state index >= 15 is 0 Å². The summed E-state index contributed by atoms with van der Waals surface area (Å²) < 4.78 is 119. The topological polar surface area (TPSA) is 123 Å². The third-order valence-corrected chi connectivity index (χ3v) is 7.43. The van der Waals surface area contributed by atoms with E-state index in [1.807, 2.05) is 6.92 Å². The molecule has 1 saturated heterocycles. The maximum atomic E-state index is 12.9. The van der Waals surface area contributed by atoms with Crippen molar-refractivity contribution in [3.05, 3.63) is 60.4 Å². The second-order valence-electron chi connectivity index (χ2n) is 10.3. The van der Waals surface area contributed by atoms with Gasteiger partial charge in [-0.3, -0.25) is 4.79 Å². The highest BCUT2D eigenvalue weighted by Gasteiger charge is 2.39. The van der Waals surface area contributed by atoms with Crippen LogP contribution in [0.4, 0.5) is 17.3 Å². The quantitative estimate of drug-likeness (QED) is 0.261.